The third-order valence-corrected chi connectivity index (χ3v) is 4.36. The number of Topliss-reactive ketones (excluding diaryl/α,β-unsaturated/α-hetero) is 1. The molecule has 0 spiro atoms. The monoisotopic (exact) mass is 323 g/mol. The fraction of sp³-hybridized carbons (Fsp3) is 0.400. The summed E-state index contributed by atoms with van der Waals surface area (Å²) >= 11 is 7.49. The van der Waals surface area contributed by atoms with Crippen molar-refractivity contribution in [3.05, 3.63) is 41.9 Å². The summed E-state index contributed by atoms with van der Waals surface area (Å²) < 4.78 is 1.64. The zero-order chi connectivity index (χ0) is 15.5. The average Bonchev–Trinajstić information content (AvgIpc) is 2.94. The minimum atomic E-state index is -0.419. The first-order valence-corrected chi connectivity index (χ1v) is 8.01. The molecular formula is C15H18ClN3OS. The lowest BCUT2D eigenvalue weighted by molar-refractivity contribution is -0.129. The molecule has 1 heterocycles. The Morgan fingerprint density at radius 2 is 2.00 bits per heavy atom. The van der Waals surface area contributed by atoms with Gasteiger partial charge in [-0.2, -0.15) is 5.10 Å². The summed E-state index contributed by atoms with van der Waals surface area (Å²) in [6.45, 7) is 5.77. The topological polar surface area (TPSA) is 47.8 Å². The summed E-state index contributed by atoms with van der Waals surface area (Å²) in [5.74, 6) is 0.760. The van der Waals surface area contributed by atoms with Crippen LogP contribution in [0.2, 0.25) is 5.02 Å². The molecule has 0 amide bonds. The van der Waals surface area contributed by atoms with Crippen LogP contribution < -0.4 is 0 Å². The number of aromatic nitrogens is 3. The quantitative estimate of drug-likeness (QED) is 0.783. The van der Waals surface area contributed by atoms with Crippen LogP contribution in [0.3, 0.4) is 0 Å². The van der Waals surface area contributed by atoms with Gasteiger partial charge in [0.25, 0.3) is 0 Å². The molecule has 0 saturated carbocycles. The number of hydrogen-bond acceptors (Lipinski definition) is 4. The third kappa shape index (κ3) is 4.32. The van der Waals surface area contributed by atoms with Gasteiger partial charge >= 0.3 is 0 Å². The molecule has 6 heteroatoms. The molecule has 0 bridgehead atoms. The third-order valence-electron chi connectivity index (χ3n) is 3.02. The molecule has 0 saturated heterocycles. The van der Waals surface area contributed by atoms with E-state index >= 15 is 0 Å². The van der Waals surface area contributed by atoms with Gasteiger partial charge in [0, 0.05) is 21.1 Å². The van der Waals surface area contributed by atoms with Gasteiger partial charge in [0.05, 0.1) is 0 Å². The van der Waals surface area contributed by atoms with Gasteiger partial charge in [-0.15, -0.1) is 11.8 Å². The lowest BCUT2D eigenvalue weighted by Crippen LogP contribution is -2.32. The number of benzene rings is 1. The van der Waals surface area contributed by atoms with Crippen molar-refractivity contribution in [1.29, 1.82) is 0 Å². The van der Waals surface area contributed by atoms with Crippen LogP contribution in [0.1, 0.15) is 26.8 Å². The van der Waals surface area contributed by atoms with Crippen LogP contribution in [0.5, 0.6) is 0 Å². The first-order valence-electron chi connectivity index (χ1n) is 6.65. The maximum absolute atomic E-state index is 12.6. The molecule has 0 aliphatic rings. The molecule has 0 aliphatic heterocycles. The second-order valence-electron chi connectivity index (χ2n) is 5.77. The number of carbonyl (C=O) groups is 1. The van der Waals surface area contributed by atoms with Gasteiger partial charge in [0.2, 0.25) is 0 Å². The predicted octanol–water partition coefficient (Wildman–Crippen LogP) is 3.88. The molecule has 4 nitrogen and oxygen atoms in total. The number of hydrogen-bond donors (Lipinski definition) is 0. The summed E-state index contributed by atoms with van der Waals surface area (Å²) in [6.07, 6.45) is 3.05. The minimum Gasteiger partial charge on any atom is -0.297 e. The van der Waals surface area contributed by atoms with Crippen molar-refractivity contribution in [3.63, 3.8) is 0 Å². The first-order chi connectivity index (χ1) is 9.88. The molecule has 0 radical (unpaired) electrons. The number of thioether (sulfide) groups is 1. The van der Waals surface area contributed by atoms with Crippen molar-refractivity contribution in [3.8, 4) is 0 Å². The highest BCUT2D eigenvalue weighted by Crippen LogP contribution is 2.29. The molecule has 1 unspecified atom stereocenters. The minimum absolute atomic E-state index is 0.148. The van der Waals surface area contributed by atoms with Crippen LogP contribution in [0.15, 0.2) is 41.8 Å². The number of carbonyl (C=O) groups excluding carboxylic acids is 1. The number of halogens is 1. The van der Waals surface area contributed by atoms with Crippen LogP contribution >= 0.6 is 23.4 Å². The van der Waals surface area contributed by atoms with Gasteiger partial charge in [-0.3, -0.25) is 4.79 Å². The standard InChI is InChI=1S/C15H18ClN3OS/c1-15(2,3)14(20)13(19-10-17-9-18-19)8-21-12-6-4-11(16)5-7-12/h4-7,9-10,13H,8H2,1-3H3. The molecule has 0 N–H and O–H groups in total. The Balaban J connectivity index is 2.13. The van der Waals surface area contributed by atoms with Crippen LogP contribution in [0.25, 0.3) is 0 Å². The van der Waals surface area contributed by atoms with Gasteiger partial charge < -0.3 is 0 Å². The summed E-state index contributed by atoms with van der Waals surface area (Å²) in [5.41, 5.74) is -0.419. The molecule has 0 aliphatic carbocycles. The molecule has 21 heavy (non-hydrogen) atoms. The lowest BCUT2D eigenvalue weighted by Gasteiger charge is -2.24. The maximum atomic E-state index is 12.6. The number of ketones is 1. The van der Waals surface area contributed by atoms with E-state index in [9.17, 15) is 4.79 Å². The fourth-order valence-electron chi connectivity index (χ4n) is 1.86. The van der Waals surface area contributed by atoms with Crippen LogP contribution in [-0.2, 0) is 4.79 Å². The summed E-state index contributed by atoms with van der Waals surface area (Å²) in [5, 5.41) is 4.83. The Morgan fingerprint density at radius 3 is 2.52 bits per heavy atom. The van der Waals surface area contributed by atoms with E-state index in [-0.39, 0.29) is 11.8 Å². The highest BCUT2D eigenvalue weighted by molar-refractivity contribution is 7.99. The van der Waals surface area contributed by atoms with Crippen LogP contribution in [-0.4, -0.2) is 26.3 Å². The molecule has 1 aromatic heterocycles. The van der Waals surface area contributed by atoms with Gasteiger partial charge in [0.15, 0.2) is 5.78 Å². The van der Waals surface area contributed by atoms with Crippen molar-refractivity contribution >= 4 is 29.1 Å². The van der Waals surface area contributed by atoms with E-state index in [0.29, 0.717) is 10.8 Å². The van der Waals surface area contributed by atoms with E-state index in [1.807, 2.05) is 45.0 Å². The van der Waals surface area contributed by atoms with Crippen molar-refractivity contribution < 1.29 is 4.79 Å². The first kappa shape index (κ1) is 16.0. The van der Waals surface area contributed by atoms with E-state index in [2.05, 4.69) is 10.1 Å². The molecule has 2 rings (SSSR count). The zero-order valence-corrected chi connectivity index (χ0v) is 13.9. The van der Waals surface area contributed by atoms with Crippen molar-refractivity contribution in [2.24, 2.45) is 5.41 Å². The Hall–Kier alpha value is -1.33. The predicted molar refractivity (Wildman–Crippen MR) is 85.7 cm³/mol. The molecule has 2 aromatic rings. The second-order valence-corrected chi connectivity index (χ2v) is 7.30. The van der Waals surface area contributed by atoms with E-state index < -0.39 is 5.41 Å². The fourth-order valence-corrected chi connectivity index (χ4v) is 2.97. The molecule has 0 fully saturated rings. The average molecular weight is 324 g/mol. The Labute approximate surface area is 133 Å². The summed E-state index contributed by atoms with van der Waals surface area (Å²) in [4.78, 5) is 17.6. The Kier molecular flexibility index (Phi) is 5.06. The van der Waals surface area contributed by atoms with E-state index in [1.54, 1.807) is 22.8 Å². The molecule has 1 atom stereocenters. The SMILES string of the molecule is CC(C)(C)C(=O)C(CSc1ccc(Cl)cc1)n1cncn1. The Bertz CT molecular complexity index is 590. The van der Waals surface area contributed by atoms with Gasteiger partial charge in [-0.1, -0.05) is 32.4 Å². The zero-order valence-electron chi connectivity index (χ0n) is 12.3. The Morgan fingerprint density at radius 1 is 1.33 bits per heavy atom. The largest absolute Gasteiger partial charge is 0.297 e. The molecule has 1 aromatic carbocycles. The molecular weight excluding hydrogens is 306 g/mol. The van der Waals surface area contributed by atoms with Gasteiger partial charge in [0.1, 0.15) is 18.7 Å². The smallest absolute Gasteiger partial charge is 0.163 e. The molecule has 112 valence electrons. The van der Waals surface area contributed by atoms with E-state index in [0.717, 1.165) is 4.90 Å². The van der Waals surface area contributed by atoms with Gasteiger partial charge in [-0.25, -0.2) is 9.67 Å². The summed E-state index contributed by atoms with van der Waals surface area (Å²) in [6, 6.07) is 7.27. The normalized spacial score (nSPS) is 13.1. The van der Waals surface area contributed by atoms with Gasteiger partial charge in [-0.05, 0) is 24.3 Å². The highest BCUT2D eigenvalue weighted by Gasteiger charge is 2.31. The summed E-state index contributed by atoms with van der Waals surface area (Å²) in [7, 11) is 0. The van der Waals surface area contributed by atoms with Crippen molar-refractivity contribution in [2.75, 3.05) is 5.75 Å². The van der Waals surface area contributed by atoms with E-state index in [4.69, 9.17) is 11.6 Å². The highest BCUT2D eigenvalue weighted by atomic mass is 35.5. The number of rotatable bonds is 5. The van der Waals surface area contributed by atoms with Crippen LogP contribution in [0, 0.1) is 5.41 Å². The lowest BCUT2D eigenvalue weighted by atomic mass is 9.87. The maximum Gasteiger partial charge on any atom is 0.163 e. The van der Waals surface area contributed by atoms with Crippen LogP contribution in [0.4, 0.5) is 0 Å². The van der Waals surface area contributed by atoms with Crippen molar-refractivity contribution in [1.82, 2.24) is 14.8 Å². The number of nitrogens with zero attached hydrogens (tertiary/aromatic N) is 3. The van der Waals surface area contributed by atoms with Crippen molar-refractivity contribution in [2.45, 2.75) is 31.7 Å². The second kappa shape index (κ2) is 6.62. The van der Waals surface area contributed by atoms with E-state index in [1.165, 1.54) is 6.33 Å².